The van der Waals surface area contributed by atoms with Crippen molar-refractivity contribution in [2.45, 2.75) is 6.42 Å². The molecule has 0 fully saturated rings. The van der Waals surface area contributed by atoms with E-state index in [9.17, 15) is 0 Å². The summed E-state index contributed by atoms with van der Waals surface area (Å²) in [6.45, 7) is 0. The molecule has 0 aliphatic heterocycles. The van der Waals surface area contributed by atoms with Gasteiger partial charge >= 0.3 is 18.9 Å². The molecule has 6 heavy (non-hydrogen) atoms. The standard InChI is InChI=1S/C5H6.Li.H/c1-2-4-5-3-1;;/h1-4H,5H2;;/q;+1;-1. The minimum atomic E-state index is 0. The summed E-state index contributed by atoms with van der Waals surface area (Å²) in [5, 5.41) is 0. The minimum Gasteiger partial charge on any atom is -1.00 e. The van der Waals surface area contributed by atoms with Gasteiger partial charge < -0.3 is 1.43 Å². The van der Waals surface area contributed by atoms with E-state index in [1.54, 1.807) is 0 Å². The van der Waals surface area contributed by atoms with E-state index in [0.717, 1.165) is 6.42 Å². The van der Waals surface area contributed by atoms with Gasteiger partial charge in [-0.05, 0) is 6.42 Å². The number of allylic oxidation sites excluding steroid dienone is 4. The Morgan fingerprint density at radius 2 is 1.67 bits per heavy atom. The van der Waals surface area contributed by atoms with E-state index in [0.29, 0.717) is 0 Å². The van der Waals surface area contributed by atoms with E-state index < -0.39 is 0 Å². The molecule has 0 unspecified atom stereocenters. The van der Waals surface area contributed by atoms with Gasteiger partial charge in [0, 0.05) is 0 Å². The topological polar surface area (TPSA) is 0 Å². The van der Waals surface area contributed by atoms with Crippen LogP contribution in [-0.4, -0.2) is 0 Å². The predicted octanol–water partition coefficient (Wildman–Crippen LogP) is -1.38. The first-order valence-corrected chi connectivity index (χ1v) is 1.82. The number of hydrogen-bond donors (Lipinski definition) is 0. The molecule has 28 valence electrons. The summed E-state index contributed by atoms with van der Waals surface area (Å²) in [5.41, 5.74) is 0. The third-order valence-electron chi connectivity index (χ3n) is 0.655. The Balaban J connectivity index is 0. The molecule has 0 aromatic heterocycles. The molecule has 0 aromatic rings. The van der Waals surface area contributed by atoms with Gasteiger partial charge in [-0.25, -0.2) is 0 Å². The van der Waals surface area contributed by atoms with Gasteiger partial charge in [0.1, 0.15) is 0 Å². The molecule has 0 heterocycles. The summed E-state index contributed by atoms with van der Waals surface area (Å²) in [6, 6.07) is 0. The Bertz CT molecular complexity index is 66.1. The molecular formula is C5H7Li. The maximum Gasteiger partial charge on any atom is 1.00 e. The molecule has 0 saturated carbocycles. The van der Waals surface area contributed by atoms with Crippen LogP contribution in [0.25, 0.3) is 0 Å². The maximum absolute atomic E-state index is 2.12. The molecule has 0 atom stereocenters. The van der Waals surface area contributed by atoms with Gasteiger partial charge in [-0.15, -0.1) is 0 Å². The molecular weight excluding hydrogens is 67.0 g/mol. The first-order valence-electron chi connectivity index (χ1n) is 1.82. The molecule has 1 rings (SSSR count). The molecule has 0 aromatic carbocycles. The van der Waals surface area contributed by atoms with Crippen LogP contribution in [0.1, 0.15) is 7.85 Å². The zero-order valence-electron chi connectivity index (χ0n) is 5.02. The largest absolute Gasteiger partial charge is 1.00 e. The van der Waals surface area contributed by atoms with Crippen molar-refractivity contribution in [2.24, 2.45) is 0 Å². The zero-order chi connectivity index (χ0) is 3.54. The molecule has 1 heteroatoms. The molecule has 0 nitrogen and oxygen atoms in total. The summed E-state index contributed by atoms with van der Waals surface area (Å²) < 4.78 is 0. The minimum absolute atomic E-state index is 0. The normalized spacial score (nSPS) is 14.7. The monoisotopic (exact) mass is 74.1 g/mol. The predicted molar refractivity (Wildman–Crippen MR) is 24.0 cm³/mol. The van der Waals surface area contributed by atoms with Gasteiger partial charge in [0.25, 0.3) is 0 Å². The van der Waals surface area contributed by atoms with Crippen molar-refractivity contribution in [3.05, 3.63) is 24.3 Å². The molecule has 1 aliphatic carbocycles. The number of rotatable bonds is 0. The van der Waals surface area contributed by atoms with Crippen LogP contribution in [0.15, 0.2) is 24.3 Å². The Hall–Kier alpha value is 0.0774. The zero-order valence-corrected chi connectivity index (χ0v) is 4.02. The summed E-state index contributed by atoms with van der Waals surface area (Å²) in [5.74, 6) is 0. The molecule has 0 spiro atoms. The van der Waals surface area contributed by atoms with Crippen LogP contribution in [0, 0.1) is 0 Å². The van der Waals surface area contributed by atoms with Crippen LogP contribution in [0.2, 0.25) is 0 Å². The second-order valence-corrected chi connectivity index (χ2v) is 1.09. The molecule has 1 aliphatic rings. The Labute approximate surface area is 51.6 Å². The molecule has 0 N–H and O–H groups in total. The second kappa shape index (κ2) is 3.27. The van der Waals surface area contributed by atoms with Crippen molar-refractivity contribution in [1.82, 2.24) is 0 Å². The fourth-order valence-electron chi connectivity index (χ4n) is 0.393. The van der Waals surface area contributed by atoms with Crippen molar-refractivity contribution in [3.8, 4) is 0 Å². The van der Waals surface area contributed by atoms with Crippen molar-refractivity contribution >= 4 is 0 Å². The van der Waals surface area contributed by atoms with Crippen LogP contribution >= 0.6 is 0 Å². The summed E-state index contributed by atoms with van der Waals surface area (Å²) in [6.07, 6.45) is 9.50. The Morgan fingerprint density at radius 1 is 1.17 bits per heavy atom. The van der Waals surface area contributed by atoms with E-state index in [1.807, 2.05) is 0 Å². The molecule has 0 bridgehead atoms. The van der Waals surface area contributed by atoms with Crippen LogP contribution in [-0.2, 0) is 0 Å². The molecule has 0 radical (unpaired) electrons. The van der Waals surface area contributed by atoms with Crippen molar-refractivity contribution in [2.75, 3.05) is 0 Å². The molecule has 0 amide bonds. The van der Waals surface area contributed by atoms with Crippen molar-refractivity contribution < 1.29 is 20.3 Å². The van der Waals surface area contributed by atoms with Crippen LogP contribution in [0.4, 0.5) is 0 Å². The van der Waals surface area contributed by atoms with Crippen LogP contribution in [0.3, 0.4) is 0 Å². The Morgan fingerprint density at radius 3 is 1.83 bits per heavy atom. The van der Waals surface area contributed by atoms with E-state index in [4.69, 9.17) is 0 Å². The van der Waals surface area contributed by atoms with Gasteiger partial charge in [-0.3, -0.25) is 0 Å². The quantitative estimate of drug-likeness (QED) is 0.311. The van der Waals surface area contributed by atoms with Gasteiger partial charge in [-0.2, -0.15) is 0 Å². The SMILES string of the molecule is C1=CCC=C1.[H-].[Li+]. The van der Waals surface area contributed by atoms with Crippen molar-refractivity contribution in [3.63, 3.8) is 0 Å². The maximum atomic E-state index is 2.12. The van der Waals surface area contributed by atoms with Gasteiger partial charge in [0.15, 0.2) is 0 Å². The average Bonchev–Trinajstić information content (AvgIpc) is 1.76. The molecule has 0 saturated heterocycles. The average molecular weight is 74.1 g/mol. The first-order chi connectivity index (χ1) is 2.50. The van der Waals surface area contributed by atoms with Crippen LogP contribution in [0.5, 0.6) is 0 Å². The van der Waals surface area contributed by atoms with Gasteiger partial charge in [0.05, 0.1) is 0 Å². The fraction of sp³-hybridized carbons (Fsp3) is 0.200. The fourth-order valence-corrected chi connectivity index (χ4v) is 0.393. The van der Waals surface area contributed by atoms with E-state index in [1.165, 1.54) is 0 Å². The number of hydrogen-bond acceptors (Lipinski definition) is 0. The smallest absolute Gasteiger partial charge is 1.00 e. The summed E-state index contributed by atoms with van der Waals surface area (Å²) in [4.78, 5) is 0. The van der Waals surface area contributed by atoms with Crippen LogP contribution < -0.4 is 18.9 Å². The van der Waals surface area contributed by atoms with E-state index in [-0.39, 0.29) is 20.3 Å². The summed E-state index contributed by atoms with van der Waals surface area (Å²) >= 11 is 0. The van der Waals surface area contributed by atoms with Gasteiger partial charge in [0.2, 0.25) is 0 Å². The third kappa shape index (κ3) is 1.50. The van der Waals surface area contributed by atoms with Gasteiger partial charge in [-0.1, -0.05) is 24.3 Å². The Kier molecular flexibility index (Phi) is 3.32. The summed E-state index contributed by atoms with van der Waals surface area (Å²) in [7, 11) is 0. The van der Waals surface area contributed by atoms with E-state index in [2.05, 4.69) is 24.3 Å². The third-order valence-corrected chi connectivity index (χ3v) is 0.655. The first kappa shape index (κ1) is 6.08. The van der Waals surface area contributed by atoms with Crippen molar-refractivity contribution in [1.29, 1.82) is 0 Å². The second-order valence-electron chi connectivity index (χ2n) is 1.09. The van der Waals surface area contributed by atoms with E-state index >= 15 is 0 Å².